The lowest BCUT2D eigenvalue weighted by Crippen LogP contribution is -2.45. The van der Waals surface area contributed by atoms with Crippen LogP contribution in [0.15, 0.2) is 30.6 Å². The first kappa shape index (κ1) is 16.6. The van der Waals surface area contributed by atoms with Crippen LogP contribution in [0.25, 0.3) is 11.0 Å². The van der Waals surface area contributed by atoms with Crippen LogP contribution in [0.1, 0.15) is 30.1 Å². The minimum absolute atomic E-state index is 0. The smallest absolute Gasteiger partial charge is 0.253 e. The van der Waals surface area contributed by atoms with Crippen LogP contribution in [0.4, 0.5) is 0 Å². The highest BCUT2D eigenvalue weighted by Gasteiger charge is 2.27. The summed E-state index contributed by atoms with van der Waals surface area (Å²) >= 11 is 0. The lowest BCUT2D eigenvalue weighted by atomic mass is 9.83. The molecule has 3 rings (SSSR count). The summed E-state index contributed by atoms with van der Waals surface area (Å²) in [6, 6.07) is 5.51. The van der Waals surface area contributed by atoms with Crippen LogP contribution >= 0.6 is 12.4 Å². The molecule has 1 aliphatic rings. The lowest BCUT2D eigenvalue weighted by Gasteiger charge is -2.34. The quantitative estimate of drug-likeness (QED) is 0.909. The molecule has 1 atom stereocenters. The van der Waals surface area contributed by atoms with E-state index in [1.54, 1.807) is 18.5 Å². The van der Waals surface area contributed by atoms with E-state index < -0.39 is 0 Å². The number of rotatable bonds is 3. The van der Waals surface area contributed by atoms with E-state index in [1.165, 1.54) is 0 Å². The fraction of sp³-hybridized carbons (Fsp3) is 0.438. The van der Waals surface area contributed by atoms with Crippen LogP contribution in [0.3, 0.4) is 0 Å². The van der Waals surface area contributed by atoms with Crippen molar-refractivity contribution in [3.05, 3.63) is 36.2 Å². The molecule has 1 amide bonds. The van der Waals surface area contributed by atoms with Gasteiger partial charge in [0.25, 0.3) is 5.91 Å². The molecule has 2 aromatic rings. The first-order chi connectivity index (χ1) is 10.2. The zero-order valence-corrected chi connectivity index (χ0v) is 13.4. The van der Waals surface area contributed by atoms with Crippen LogP contribution in [-0.2, 0) is 0 Å². The van der Waals surface area contributed by atoms with Crippen LogP contribution in [0.2, 0.25) is 0 Å². The molecule has 0 aliphatic carbocycles. The van der Waals surface area contributed by atoms with Gasteiger partial charge in [0, 0.05) is 25.5 Å². The van der Waals surface area contributed by atoms with Crippen LogP contribution in [0.5, 0.6) is 0 Å². The minimum Gasteiger partial charge on any atom is -0.351 e. The van der Waals surface area contributed by atoms with Gasteiger partial charge in [0.1, 0.15) is 5.52 Å². The lowest BCUT2D eigenvalue weighted by molar-refractivity contribution is 0.0926. The van der Waals surface area contributed by atoms with Crippen molar-refractivity contribution in [2.75, 3.05) is 19.6 Å². The number of halogens is 1. The number of piperidine rings is 1. The molecule has 1 aromatic carbocycles. The first-order valence-corrected chi connectivity index (χ1v) is 7.37. The number of aromatic nitrogens is 2. The van der Waals surface area contributed by atoms with Gasteiger partial charge < -0.3 is 10.6 Å². The van der Waals surface area contributed by atoms with Crippen molar-refractivity contribution in [1.29, 1.82) is 0 Å². The van der Waals surface area contributed by atoms with Crippen molar-refractivity contribution in [1.82, 2.24) is 20.6 Å². The summed E-state index contributed by atoms with van der Waals surface area (Å²) < 4.78 is 0. The number of carbonyl (C=O) groups is 1. The summed E-state index contributed by atoms with van der Waals surface area (Å²) in [7, 11) is 0. The number of hydrogen-bond acceptors (Lipinski definition) is 4. The van der Waals surface area contributed by atoms with Gasteiger partial charge in [-0.2, -0.15) is 0 Å². The molecule has 5 nitrogen and oxygen atoms in total. The third-order valence-corrected chi connectivity index (χ3v) is 4.10. The van der Waals surface area contributed by atoms with Crippen molar-refractivity contribution in [3.8, 4) is 0 Å². The summed E-state index contributed by atoms with van der Waals surface area (Å²) in [4.78, 5) is 21.0. The fourth-order valence-corrected chi connectivity index (χ4v) is 2.83. The third-order valence-electron chi connectivity index (χ3n) is 4.10. The number of nitrogens with one attached hydrogen (secondary N) is 2. The highest BCUT2D eigenvalue weighted by molar-refractivity contribution is 6.04. The van der Waals surface area contributed by atoms with E-state index >= 15 is 0 Å². The van der Waals surface area contributed by atoms with Crippen LogP contribution in [0, 0.1) is 5.41 Å². The number of para-hydroxylation sites is 1. The molecule has 1 aliphatic heterocycles. The Balaban J connectivity index is 0.00000176. The summed E-state index contributed by atoms with van der Waals surface area (Å²) in [5, 5.41) is 6.45. The molecular formula is C16H21ClN4O. The van der Waals surface area contributed by atoms with Gasteiger partial charge in [-0.05, 0) is 36.9 Å². The Morgan fingerprint density at radius 3 is 2.95 bits per heavy atom. The first-order valence-electron chi connectivity index (χ1n) is 7.37. The van der Waals surface area contributed by atoms with Gasteiger partial charge in [0.05, 0.1) is 11.1 Å². The van der Waals surface area contributed by atoms with E-state index in [1.807, 2.05) is 12.1 Å². The summed E-state index contributed by atoms with van der Waals surface area (Å²) in [6.07, 6.45) is 5.55. The Labute approximate surface area is 136 Å². The Kier molecular flexibility index (Phi) is 5.32. The second-order valence-corrected chi connectivity index (χ2v) is 6.00. The molecule has 1 saturated heterocycles. The molecule has 0 saturated carbocycles. The third kappa shape index (κ3) is 3.54. The van der Waals surface area contributed by atoms with E-state index in [9.17, 15) is 4.79 Å². The van der Waals surface area contributed by atoms with E-state index in [-0.39, 0.29) is 23.7 Å². The van der Waals surface area contributed by atoms with Crippen molar-refractivity contribution in [3.63, 3.8) is 0 Å². The van der Waals surface area contributed by atoms with Crippen molar-refractivity contribution in [2.24, 2.45) is 5.41 Å². The van der Waals surface area contributed by atoms with E-state index in [0.717, 1.165) is 31.4 Å². The van der Waals surface area contributed by atoms with Crippen molar-refractivity contribution >= 4 is 29.3 Å². The fourth-order valence-electron chi connectivity index (χ4n) is 2.83. The largest absolute Gasteiger partial charge is 0.351 e. The molecule has 0 bridgehead atoms. The Bertz CT molecular complexity index is 650. The molecule has 2 heterocycles. The average molecular weight is 321 g/mol. The number of nitrogens with zero attached hydrogens (tertiary/aromatic N) is 2. The predicted octanol–water partition coefficient (Wildman–Crippen LogP) is 2.17. The summed E-state index contributed by atoms with van der Waals surface area (Å²) in [5.41, 5.74) is 2.12. The van der Waals surface area contributed by atoms with Gasteiger partial charge >= 0.3 is 0 Å². The molecule has 0 spiro atoms. The molecule has 118 valence electrons. The maximum Gasteiger partial charge on any atom is 0.253 e. The zero-order valence-electron chi connectivity index (χ0n) is 12.6. The minimum atomic E-state index is -0.0760. The zero-order chi connectivity index (χ0) is 14.7. The molecule has 2 N–H and O–H groups in total. The SMILES string of the molecule is CC1(CNC(=O)c2cccc3nccnc23)CCCNC1.Cl. The number of fused-ring (bicyclic) bond motifs is 1. The molecule has 22 heavy (non-hydrogen) atoms. The number of carbonyl (C=O) groups excluding carboxylic acids is 1. The maximum atomic E-state index is 12.4. The number of amides is 1. The van der Waals surface area contributed by atoms with Crippen molar-refractivity contribution < 1.29 is 4.79 Å². The van der Waals surface area contributed by atoms with Gasteiger partial charge in [-0.15, -0.1) is 12.4 Å². The standard InChI is InChI=1S/C16H20N4O.ClH/c1-16(6-3-7-17-10-16)11-20-15(21)12-4-2-5-13-14(12)19-9-8-18-13;/h2,4-5,8-9,17H,3,6-7,10-11H2,1H3,(H,20,21);1H. The van der Waals surface area contributed by atoms with E-state index in [0.29, 0.717) is 17.6 Å². The molecule has 6 heteroatoms. The monoisotopic (exact) mass is 320 g/mol. The van der Waals surface area contributed by atoms with Gasteiger partial charge in [-0.25, -0.2) is 0 Å². The Morgan fingerprint density at radius 2 is 2.18 bits per heavy atom. The Morgan fingerprint density at radius 1 is 1.36 bits per heavy atom. The highest BCUT2D eigenvalue weighted by Crippen LogP contribution is 2.24. The molecule has 0 radical (unpaired) electrons. The maximum absolute atomic E-state index is 12.4. The van der Waals surface area contributed by atoms with Gasteiger partial charge in [-0.3, -0.25) is 14.8 Å². The molecule has 1 unspecified atom stereocenters. The van der Waals surface area contributed by atoms with Crippen LogP contribution in [-0.4, -0.2) is 35.5 Å². The summed E-state index contributed by atoms with van der Waals surface area (Å²) in [6.45, 7) is 4.91. The number of hydrogen-bond donors (Lipinski definition) is 2. The molecular weight excluding hydrogens is 300 g/mol. The van der Waals surface area contributed by atoms with Gasteiger partial charge in [-0.1, -0.05) is 13.0 Å². The van der Waals surface area contributed by atoms with E-state index in [4.69, 9.17) is 0 Å². The number of benzene rings is 1. The summed E-state index contributed by atoms with van der Waals surface area (Å²) in [5.74, 6) is -0.0760. The normalized spacial score (nSPS) is 21.1. The van der Waals surface area contributed by atoms with Crippen LogP contribution < -0.4 is 10.6 Å². The topological polar surface area (TPSA) is 66.9 Å². The van der Waals surface area contributed by atoms with E-state index in [2.05, 4.69) is 27.5 Å². The molecule has 1 fully saturated rings. The molecule has 1 aromatic heterocycles. The van der Waals surface area contributed by atoms with Crippen molar-refractivity contribution in [2.45, 2.75) is 19.8 Å². The Hall–Kier alpha value is -1.72. The average Bonchev–Trinajstić information content (AvgIpc) is 2.53. The predicted molar refractivity (Wildman–Crippen MR) is 89.3 cm³/mol. The second-order valence-electron chi connectivity index (χ2n) is 6.00. The van der Waals surface area contributed by atoms with Gasteiger partial charge in [0.15, 0.2) is 0 Å². The second kappa shape index (κ2) is 7.03. The highest BCUT2D eigenvalue weighted by atomic mass is 35.5. The van der Waals surface area contributed by atoms with Gasteiger partial charge in [0.2, 0.25) is 0 Å².